The SMILES string of the molecule is CN1CCC(CNCC(O)c2ccco2)CC1. The molecule has 0 bridgehead atoms. The Bertz CT molecular complexity index is 305. The first-order valence-electron chi connectivity index (χ1n) is 6.36. The van der Waals surface area contributed by atoms with E-state index >= 15 is 0 Å². The van der Waals surface area contributed by atoms with Crippen LogP contribution >= 0.6 is 0 Å². The Morgan fingerprint density at radius 1 is 1.53 bits per heavy atom. The third-order valence-electron chi connectivity index (χ3n) is 3.48. The highest BCUT2D eigenvalue weighted by atomic mass is 16.4. The Balaban J connectivity index is 1.63. The molecule has 1 saturated heterocycles. The topological polar surface area (TPSA) is 48.6 Å². The molecule has 0 amide bonds. The van der Waals surface area contributed by atoms with Crippen LogP contribution in [-0.4, -0.2) is 43.2 Å². The van der Waals surface area contributed by atoms with Crippen molar-refractivity contribution in [2.24, 2.45) is 5.92 Å². The summed E-state index contributed by atoms with van der Waals surface area (Å²) in [6.45, 7) is 3.94. The Morgan fingerprint density at radius 3 is 2.94 bits per heavy atom. The molecule has 2 N–H and O–H groups in total. The molecule has 4 nitrogen and oxygen atoms in total. The van der Waals surface area contributed by atoms with E-state index in [2.05, 4.69) is 17.3 Å². The summed E-state index contributed by atoms with van der Waals surface area (Å²) in [5.74, 6) is 1.39. The number of nitrogens with one attached hydrogen (secondary N) is 1. The maximum Gasteiger partial charge on any atom is 0.133 e. The molecule has 4 heteroatoms. The predicted octanol–water partition coefficient (Wildman–Crippen LogP) is 1.24. The number of furan rings is 1. The fourth-order valence-electron chi connectivity index (χ4n) is 2.27. The number of aliphatic hydroxyl groups excluding tert-OH is 1. The van der Waals surface area contributed by atoms with Crippen LogP contribution in [0.15, 0.2) is 22.8 Å². The predicted molar refractivity (Wildman–Crippen MR) is 66.8 cm³/mol. The summed E-state index contributed by atoms with van der Waals surface area (Å²) in [6.07, 6.45) is 3.56. The van der Waals surface area contributed by atoms with Gasteiger partial charge in [0.1, 0.15) is 11.9 Å². The second-order valence-electron chi connectivity index (χ2n) is 4.94. The summed E-state index contributed by atoms with van der Waals surface area (Å²) in [5, 5.41) is 13.1. The number of likely N-dealkylation sites (tertiary alicyclic amines) is 1. The minimum Gasteiger partial charge on any atom is -0.467 e. The number of nitrogens with zero attached hydrogens (tertiary/aromatic N) is 1. The first kappa shape index (κ1) is 12.6. The van der Waals surface area contributed by atoms with Gasteiger partial charge in [-0.2, -0.15) is 0 Å². The summed E-state index contributed by atoms with van der Waals surface area (Å²) in [7, 11) is 2.17. The molecule has 0 aliphatic carbocycles. The molecule has 1 atom stereocenters. The lowest BCUT2D eigenvalue weighted by atomic mass is 9.97. The van der Waals surface area contributed by atoms with Gasteiger partial charge in [0.05, 0.1) is 6.26 Å². The largest absolute Gasteiger partial charge is 0.467 e. The molecule has 1 aliphatic rings. The van der Waals surface area contributed by atoms with Crippen molar-refractivity contribution in [3.8, 4) is 0 Å². The summed E-state index contributed by atoms with van der Waals surface area (Å²) in [4.78, 5) is 2.37. The number of hydrogen-bond donors (Lipinski definition) is 2. The van der Waals surface area contributed by atoms with E-state index in [1.165, 1.54) is 25.9 Å². The first-order chi connectivity index (χ1) is 8.25. The Kier molecular flexibility index (Phi) is 4.59. The third-order valence-corrected chi connectivity index (χ3v) is 3.48. The van der Waals surface area contributed by atoms with Gasteiger partial charge in [-0.1, -0.05) is 0 Å². The normalized spacial score (nSPS) is 20.6. The van der Waals surface area contributed by atoms with Gasteiger partial charge >= 0.3 is 0 Å². The van der Waals surface area contributed by atoms with Gasteiger partial charge in [0.2, 0.25) is 0 Å². The van der Waals surface area contributed by atoms with Gasteiger partial charge in [-0.25, -0.2) is 0 Å². The van der Waals surface area contributed by atoms with Crippen LogP contribution in [0, 0.1) is 5.92 Å². The van der Waals surface area contributed by atoms with Gasteiger partial charge < -0.3 is 19.7 Å². The van der Waals surface area contributed by atoms with Gasteiger partial charge in [-0.3, -0.25) is 0 Å². The standard InChI is InChI=1S/C13H22N2O2/c1-15-6-4-11(5-7-15)9-14-10-12(16)13-3-2-8-17-13/h2-3,8,11-12,14,16H,4-7,9-10H2,1H3. The number of rotatable bonds is 5. The summed E-state index contributed by atoms with van der Waals surface area (Å²) in [6, 6.07) is 3.61. The van der Waals surface area contributed by atoms with Gasteiger partial charge in [0.25, 0.3) is 0 Å². The smallest absolute Gasteiger partial charge is 0.133 e. The molecule has 2 heterocycles. The zero-order chi connectivity index (χ0) is 12.1. The molecule has 1 unspecified atom stereocenters. The maximum atomic E-state index is 9.82. The summed E-state index contributed by atoms with van der Waals surface area (Å²) >= 11 is 0. The second-order valence-corrected chi connectivity index (χ2v) is 4.94. The molecule has 1 aliphatic heterocycles. The first-order valence-corrected chi connectivity index (χ1v) is 6.36. The second kappa shape index (κ2) is 6.19. The van der Waals surface area contributed by atoms with Crippen molar-refractivity contribution in [2.45, 2.75) is 18.9 Å². The lowest BCUT2D eigenvalue weighted by molar-refractivity contribution is 0.142. The van der Waals surface area contributed by atoms with Crippen LogP contribution in [0.2, 0.25) is 0 Å². The third kappa shape index (κ3) is 3.84. The number of piperidine rings is 1. The van der Waals surface area contributed by atoms with Crippen molar-refractivity contribution in [3.05, 3.63) is 24.2 Å². The molecule has 2 rings (SSSR count). The van der Waals surface area contributed by atoms with Crippen molar-refractivity contribution >= 4 is 0 Å². The molecule has 0 radical (unpaired) electrons. The van der Waals surface area contributed by atoms with Gasteiger partial charge in [-0.15, -0.1) is 0 Å². The van der Waals surface area contributed by atoms with Crippen molar-refractivity contribution in [3.63, 3.8) is 0 Å². The Labute approximate surface area is 103 Å². The van der Waals surface area contributed by atoms with E-state index in [-0.39, 0.29) is 0 Å². The fourth-order valence-corrected chi connectivity index (χ4v) is 2.27. The van der Waals surface area contributed by atoms with Crippen molar-refractivity contribution in [1.82, 2.24) is 10.2 Å². The molecule has 1 aromatic heterocycles. The summed E-state index contributed by atoms with van der Waals surface area (Å²) in [5.41, 5.74) is 0. The molecule has 96 valence electrons. The van der Waals surface area contributed by atoms with Gasteiger partial charge in [-0.05, 0) is 57.6 Å². The van der Waals surface area contributed by atoms with E-state index in [9.17, 15) is 5.11 Å². The highest BCUT2D eigenvalue weighted by Gasteiger charge is 2.17. The average molecular weight is 238 g/mol. The van der Waals surface area contributed by atoms with Crippen molar-refractivity contribution < 1.29 is 9.52 Å². The summed E-state index contributed by atoms with van der Waals surface area (Å²) < 4.78 is 5.16. The highest BCUT2D eigenvalue weighted by molar-refractivity contribution is 5.02. The number of aliphatic hydroxyl groups is 1. The van der Waals surface area contributed by atoms with E-state index in [0.717, 1.165) is 12.5 Å². The highest BCUT2D eigenvalue weighted by Crippen LogP contribution is 2.16. The van der Waals surface area contributed by atoms with Crippen LogP contribution in [-0.2, 0) is 0 Å². The molecule has 1 fully saturated rings. The molecule has 17 heavy (non-hydrogen) atoms. The zero-order valence-corrected chi connectivity index (χ0v) is 10.4. The fraction of sp³-hybridized carbons (Fsp3) is 0.692. The Morgan fingerprint density at radius 2 is 2.29 bits per heavy atom. The number of hydrogen-bond acceptors (Lipinski definition) is 4. The van der Waals surface area contributed by atoms with Crippen molar-refractivity contribution in [1.29, 1.82) is 0 Å². The van der Waals surface area contributed by atoms with E-state index in [1.54, 1.807) is 12.3 Å². The molecular formula is C13H22N2O2. The maximum absolute atomic E-state index is 9.82. The van der Waals surface area contributed by atoms with E-state index in [4.69, 9.17) is 4.42 Å². The quantitative estimate of drug-likeness (QED) is 0.810. The lowest BCUT2D eigenvalue weighted by Gasteiger charge is -2.29. The van der Waals surface area contributed by atoms with Crippen LogP contribution in [0.5, 0.6) is 0 Å². The molecule has 1 aromatic rings. The van der Waals surface area contributed by atoms with Crippen LogP contribution in [0.25, 0.3) is 0 Å². The van der Waals surface area contributed by atoms with Crippen molar-refractivity contribution in [2.75, 3.05) is 33.2 Å². The Hall–Kier alpha value is -0.840. The molecule has 0 aromatic carbocycles. The minimum absolute atomic E-state index is 0.531. The van der Waals surface area contributed by atoms with E-state index in [1.807, 2.05) is 6.07 Å². The van der Waals surface area contributed by atoms with Crippen LogP contribution in [0.3, 0.4) is 0 Å². The van der Waals surface area contributed by atoms with Gasteiger partial charge in [0.15, 0.2) is 0 Å². The van der Waals surface area contributed by atoms with E-state index < -0.39 is 6.10 Å². The monoisotopic (exact) mass is 238 g/mol. The molecule has 0 saturated carbocycles. The van der Waals surface area contributed by atoms with Crippen LogP contribution < -0.4 is 5.32 Å². The minimum atomic E-state index is -0.531. The van der Waals surface area contributed by atoms with Crippen LogP contribution in [0.1, 0.15) is 24.7 Å². The molecular weight excluding hydrogens is 216 g/mol. The molecule has 0 spiro atoms. The van der Waals surface area contributed by atoms with Crippen LogP contribution in [0.4, 0.5) is 0 Å². The van der Waals surface area contributed by atoms with E-state index in [0.29, 0.717) is 12.3 Å². The average Bonchev–Trinajstić information content (AvgIpc) is 2.85. The zero-order valence-electron chi connectivity index (χ0n) is 10.4. The lowest BCUT2D eigenvalue weighted by Crippen LogP contribution is -2.36. The van der Waals surface area contributed by atoms with Gasteiger partial charge in [0, 0.05) is 6.54 Å².